The Balaban J connectivity index is 2.10. The summed E-state index contributed by atoms with van der Waals surface area (Å²) in [4.78, 5) is 2.40. The molecule has 1 heterocycles. The van der Waals surface area contributed by atoms with Crippen molar-refractivity contribution in [2.75, 3.05) is 51.9 Å². The molecule has 2 unspecified atom stereocenters. The van der Waals surface area contributed by atoms with E-state index in [1.807, 2.05) is 0 Å². The Morgan fingerprint density at radius 1 is 1.31 bits per heavy atom. The first kappa shape index (κ1) is 14.4. The average molecular weight is 296 g/mol. The third-order valence-electron chi connectivity index (χ3n) is 2.56. The maximum atomic E-state index is 5.76. The number of ether oxygens (including phenoxy) is 3. The van der Waals surface area contributed by atoms with Crippen molar-refractivity contribution >= 4 is 15.9 Å². The predicted octanol–water partition coefficient (Wildman–Crippen LogP) is 1.13. The summed E-state index contributed by atoms with van der Waals surface area (Å²) >= 11 is 3.47. The van der Waals surface area contributed by atoms with Crippen LogP contribution in [0.3, 0.4) is 0 Å². The van der Waals surface area contributed by atoms with Crippen LogP contribution in [0.2, 0.25) is 0 Å². The molecule has 0 radical (unpaired) electrons. The number of morpholine rings is 1. The molecule has 0 amide bonds. The summed E-state index contributed by atoms with van der Waals surface area (Å²) in [5, 5.41) is 0.901. The third kappa shape index (κ3) is 5.59. The van der Waals surface area contributed by atoms with E-state index in [9.17, 15) is 0 Å². The van der Waals surface area contributed by atoms with E-state index in [0.29, 0.717) is 25.4 Å². The van der Waals surface area contributed by atoms with E-state index in [0.717, 1.165) is 31.6 Å². The normalized spacial score (nSPS) is 27.2. The summed E-state index contributed by atoms with van der Waals surface area (Å²) < 4.78 is 16.1. The van der Waals surface area contributed by atoms with Gasteiger partial charge in [-0.1, -0.05) is 15.9 Å². The van der Waals surface area contributed by atoms with Crippen LogP contribution in [0.1, 0.15) is 6.92 Å². The molecule has 4 nitrogen and oxygen atoms in total. The van der Waals surface area contributed by atoms with Crippen molar-refractivity contribution < 1.29 is 14.2 Å². The smallest absolute Gasteiger partial charge is 0.0802 e. The lowest BCUT2D eigenvalue weighted by Gasteiger charge is -2.36. The Kier molecular flexibility index (Phi) is 7.56. The highest BCUT2D eigenvalue weighted by Gasteiger charge is 2.23. The van der Waals surface area contributed by atoms with Crippen molar-refractivity contribution in [3.63, 3.8) is 0 Å². The number of alkyl halides is 1. The molecule has 1 aliphatic heterocycles. The van der Waals surface area contributed by atoms with Gasteiger partial charge >= 0.3 is 0 Å². The Morgan fingerprint density at radius 2 is 2.12 bits per heavy atom. The minimum Gasteiger partial charge on any atom is -0.382 e. The summed E-state index contributed by atoms with van der Waals surface area (Å²) in [7, 11) is 1.69. The van der Waals surface area contributed by atoms with Gasteiger partial charge in [0.2, 0.25) is 0 Å². The molecule has 1 saturated heterocycles. The van der Waals surface area contributed by atoms with Crippen molar-refractivity contribution in [3.05, 3.63) is 0 Å². The molecule has 96 valence electrons. The second-order valence-electron chi connectivity index (χ2n) is 4.09. The first-order valence-corrected chi connectivity index (χ1v) is 6.89. The lowest BCUT2D eigenvalue weighted by molar-refractivity contribution is -0.0712. The van der Waals surface area contributed by atoms with Gasteiger partial charge in [0.25, 0.3) is 0 Å². The Hall–Kier alpha value is 0.320. The van der Waals surface area contributed by atoms with E-state index in [-0.39, 0.29) is 0 Å². The lowest BCUT2D eigenvalue weighted by Crippen LogP contribution is -2.48. The quantitative estimate of drug-likeness (QED) is 0.521. The lowest BCUT2D eigenvalue weighted by atomic mass is 10.2. The Morgan fingerprint density at radius 3 is 2.81 bits per heavy atom. The van der Waals surface area contributed by atoms with Crippen LogP contribution in [-0.4, -0.2) is 69.0 Å². The highest BCUT2D eigenvalue weighted by atomic mass is 79.9. The number of methoxy groups -OCH3 is 1. The molecule has 1 fully saturated rings. The van der Waals surface area contributed by atoms with Gasteiger partial charge in [0.15, 0.2) is 0 Å². The number of nitrogens with zero attached hydrogens (tertiary/aromatic N) is 1. The molecule has 0 aromatic carbocycles. The summed E-state index contributed by atoms with van der Waals surface area (Å²) in [6.45, 7) is 7.20. The summed E-state index contributed by atoms with van der Waals surface area (Å²) in [5.74, 6) is 0. The largest absolute Gasteiger partial charge is 0.382 e. The number of rotatable bonds is 7. The van der Waals surface area contributed by atoms with Gasteiger partial charge in [-0.3, -0.25) is 4.90 Å². The number of hydrogen-bond donors (Lipinski definition) is 0. The van der Waals surface area contributed by atoms with Crippen LogP contribution in [-0.2, 0) is 14.2 Å². The van der Waals surface area contributed by atoms with Gasteiger partial charge in [-0.05, 0) is 6.92 Å². The van der Waals surface area contributed by atoms with Crippen LogP contribution in [0.4, 0.5) is 0 Å². The van der Waals surface area contributed by atoms with E-state index in [4.69, 9.17) is 14.2 Å². The third-order valence-corrected chi connectivity index (χ3v) is 3.28. The Labute approximate surface area is 106 Å². The van der Waals surface area contributed by atoms with E-state index in [1.165, 1.54) is 0 Å². The zero-order valence-electron chi connectivity index (χ0n) is 10.2. The van der Waals surface area contributed by atoms with Crippen molar-refractivity contribution in [2.24, 2.45) is 0 Å². The molecule has 5 heteroatoms. The van der Waals surface area contributed by atoms with Gasteiger partial charge in [0, 0.05) is 32.1 Å². The first-order valence-electron chi connectivity index (χ1n) is 5.76. The first-order chi connectivity index (χ1) is 7.76. The maximum Gasteiger partial charge on any atom is 0.0802 e. The second kappa shape index (κ2) is 8.42. The van der Waals surface area contributed by atoms with Crippen LogP contribution in [0, 0.1) is 0 Å². The Bertz CT molecular complexity index is 183. The fourth-order valence-electron chi connectivity index (χ4n) is 1.85. The maximum absolute atomic E-state index is 5.76. The van der Waals surface area contributed by atoms with Crippen LogP contribution in [0.5, 0.6) is 0 Å². The molecular formula is C11H22BrNO3. The highest BCUT2D eigenvalue weighted by Crippen LogP contribution is 2.12. The number of hydrogen-bond acceptors (Lipinski definition) is 4. The zero-order valence-corrected chi connectivity index (χ0v) is 11.7. The van der Waals surface area contributed by atoms with E-state index in [1.54, 1.807) is 7.11 Å². The summed E-state index contributed by atoms with van der Waals surface area (Å²) in [6, 6.07) is 0. The van der Waals surface area contributed by atoms with Gasteiger partial charge < -0.3 is 14.2 Å². The van der Waals surface area contributed by atoms with Crippen molar-refractivity contribution in [2.45, 2.75) is 19.1 Å². The van der Waals surface area contributed by atoms with Crippen molar-refractivity contribution in [3.8, 4) is 0 Å². The van der Waals surface area contributed by atoms with Gasteiger partial charge in [-0.25, -0.2) is 0 Å². The molecule has 0 aliphatic carbocycles. The standard InChI is InChI=1S/C11H22BrNO3/c1-10-8-13(9-11(7-12)16-10)3-4-15-6-5-14-2/h10-11H,3-9H2,1-2H3. The second-order valence-corrected chi connectivity index (χ2v) is 4.74. The van der Waals surface area contributed by atoms with Crippen molar-refractivity contribution in [1.29, 1.82) is 0 Å². The van der Waals surface area contributed by atoms with Gasteiger partial charge in [0.1, 0.15) is 0 Å². The van der Waals surface area contributed by atoms with E-state index in [2.05, 4.69) is 27.8 Å². The fourth-order valence-corrected chi connectivity index (χ4v) is 2.20. The molecule has 16 heavy (non-hydrogen) atoms. The van der Waals surface area contributed by atoms with Gasteiger partial charge in [0.05, 0.1) is 32.0 Å². The molecule has 1 rings (SSSR count). The monoisotopic (exact) mass is 295 g/mol. The molecule has 0 spiro atoms. The molecule has 0 N–H and O–H groups in total. The zero-order chi connectivity index (χ0) is 11.8. The fraction of sp³-hybridized carbons (Fsp3) is 1.00. The number of halogens is 1. The summed E-state index contributed by atoms with van der Waals surface area (Å²) in [5.41, 5.74) is 0. The van der Waals surface area contributed by atoms with Crippen LogP contribution < -0.4 is 0 Å². The molecule has 0 aromatic heterocycles. The molecule has 0 saturated carbocycles. The highest BCUT2D eigenvalue weighted by molar-refractivity contribution is 9.09. The van der Waals surface area contributed by atoms with E-state index >= 15 is 0 Å². The van der Waals surface area contributed by atoms with Crippen LogP contribution >= 0.6 is 15.9 Å². The SMILES string of the molecule is COCCOCCN1CC(C)OC(CBr)C1. The van der Waals surface area contributed by atoms with Crippen LogP contribution in [0.15, 0.2) is 0 Å². The summed E-state index contributed by atoms with van der Waals surface area (Å²) in [6.07, 6.45) is 0.623. The average Bonchev–Trinajstić information content (AvgIpc) is 2.28. The van der Waals surface area contributed by atoms with Crippen molar-refractivity contribution in [1.82, 2.24) is 4.90 Å². The minimum atomic E-state index is 0.308. The topological polar surface area (TPSA) is 30.9 Å². The molecule has 0 bridgehead atoms. The predicted molar refractivity (Wildman–Crippen MR) is 67.3 cm³/mol. The van der Waals surface area contributed by atoms with Gasteiger partial charge in [-0.2, -0.15) is 0 Å². The molecule has 0 aromatic rings. The minimum absolute atomic E-state index is 0.308. The van der Waals surface area contributed by atoms with Crippen LogP contribution in [0.25, 0.3) is 0 Å². The molecule has 1 aliphatic rings. The van der Waals surface area contributed by atoms with Gasteiger partial charge in [-0.15, -0.1) is 0 Å². The molecular weight excluding hydrogens is 274 g/mol. The van der Waals surface area contributed by atoms with E-state index < -0.39 is 0 Å². The molecule has 2 atom stereocenters.